The summed E-state index contributed by atoms with van der Waals surface area (Å²) in [5.74, 6) is 0.238. The van der Waals surface area contributed by atoms with Gasteiger partial charge in [0.15, 0.2) is 0 Å². The van der Waals surface area contributed by atoms with E-state index in [1.807, 2.05) is 32.0 Å². The highest BCUT2D eigenvalue weighted by Crippen LogP contribution is 2.24. The molecule has 27 heavy (non-hydrogen) atoms. The van der Waals surface area contributed by atoms with E-state index in [1.165, 1.54) is 13.2 Å². The summed E-state index contributed by atoms with van der Waals surface area (Å²) in [5, 5.41) is 2.79. The zero-order valence-corrected chi connectivity index (χ0v) is 17.2. The van der Waals surface area contributed by atoms with E-state index in [4.69, 9.17) is 4.74 Å². The van der Waals surface area contributed by atoms with E-state index in [0.717, 1.165) is 15.4 Å². The number of anilines is 1. The van der Waals surface area contributed by atoms with Crippen LogP contribution in [0, 0.1) is 20.8 Å². The van der Waals surface area contributed by atoms with Gasteiger partial charge in [0, 0.05) is 12.2 Å². The molecule has 0 aliphatic rings. The molecule has 0 spiro atoms. The van der Waals surface area contributed by atoms with Crippen LogP contribution in [0.1, 0.15) is 23.6 Å². The summed E-state index contributed by atoms with van der Waals surface area (Å²) in [5.41, 5.74) is 3.42. The highest BCUT2D eigenvalue weighted by molar-refractivity contribution is 7.89. The molecule has 1 N–H and O–H groups in total. The van der Waals surface area contributed by atoms with Gasteiger partial charge < -0.3 is 10.1 Å². The standard InChI is InChI=1S/C20H26N2O4S/c1-6-22(13-20(23)21-18-9-7-14(2)11-15(18)3)27(24,25)17-8-10-19(26-5)16(4)12-17/h7-12H,6,13H2,1-5H3,(H,21,23). The van der Waals surface area contributed by atoms with Crippen molar-refractivity contribution in [2.75, 3.05) is 25.5 Å². The molecule has 1 amide bonds. The minimum Gasteiger partial charge on any atom is -0.496 e. The first kappa shape index (κ1) is 20.9. The van der Waals surface area contributed by atoms with Crippen molar-refractivity contribution in [2.45, 2.75) is 32.6 Å². The normalized spacial score (nSPS) is 11.5. The molecule has 2 aromatic carbocycles. The zero-order valence-electron chi connectivity index (χ0n) is 16.4. The summed E-state index contributed by atoms with van der Waals surface area (Å²) in [6, 6.07) is 10.3. The third-order valence-corrected chi connectivity index (χ3v) is 6.25. The third kappa shape index (κ3) is 4.87. The Bertz CT molecular complexity index is 939. The summed E-state index contributed by atoms with van der Waals surface area (Å²) >= 11 is 0. The van der Waals surface area contributed by atoms with Crippen molar-refractivity contribution in [2.24, 2.45) is 0 Å². The number of nitrogens with zero attached hydrogens (tertiary/aromatic N) is 1. The average Bonchev–Trinajstić information content (AvgIpc) is 2.61. The summed E-state index contributed by atoms with van der Waals surface area (Å²) in [7, 11) is -2.25. The van der Waals surface area contributed by atoms with Gasteiger partial charge in [0.05, 0.1) is 18.6 Å². The first-order valence-electron chi connectivity index (χ1n) is 8.71. The van der Waals surface area contributed by atoms with E-state index in [-0.39, 0.29) is 23.9 Å². The number of aryl methyl sites for hydroxylation is 3. The number of hydrogen-bond donors (Lipinski definition) is 1. The molecule has 0 heterocycles. The van der Waals surface area contributed by atoms with Crippen molar-refractivity contribution in [1.29, 1.82) is 0 Å². The number of benzene rings is 2. The lowest BCUT2D eigenvalue weighted by atomic mass is 10.1. The second-order valence-electron chi connectivity index (χ2n) is 6.43. The van der Waals surface area contributed by atoms with Gasteiger partial charge in [0.25, 0.3) is 0 Å². The average molecular weight is 391 g/mol. The molecule has 0 bridgehead atoms. The molecule has 0 aliphatic heterocycles. The predicted molar refractivity (Wildman–Crippen MR) is 107 cm³/mol. The Morgan fingerprint density at radius 1 is 1.07 bits per heavy atom. The van der Waals surface area contributed by atoms with Gasteiger partial charge in [0.1, 0.15) is 5.75 Å². The van der Waals surface area contributed by atoms with E-state index in [0.29, 0.717) is 17.0 Å². The van der Waals surface area contributed by atoms with E-state index < -0.39 is 10.0 Å². The maximum Gasteiger partial charge on any atom is 0.243 e. The monoisotopic (exact) mass is 390 g/mol. The van der Waals surface area contributed by atoms with Crippen molar-refractivity contribution in [3.05, 3.63) is 53.1 Å². The minimum absolute atomic E-state index is 0.141. The smallest absolute Gasteiger partial charge is 0.243 e. The fraction of sp³-hybridized carbons (Fsp3) is 0.350. The van der Waals surface area contributed by atoms with Crippen LogP contribution in [-0.4, -0.2) is 38.8 Å². The van der Waals surface area contributed by atoms with Crippen LogP contribution in [-0.2, 0) is 14.8 Å². The number of amides is 1. The number of nitrogens with one attached hydrogen (secondary N) is 1. The minimum atomic E-state index is -3.79. The van der Waals surface area contributed by atoms with Crippen molar-refractivity contribution < 1.29 is 17.9 Å². The van der Waals surface area contributed by atoms with E-state index in [9.17, 15) is 13.2 Å². The largest absolute Gasteiger partial charge is 0.496 e. The van der Waals surface area contributed by atoms with Gasteiger partial charge in [-0.25, -0.2) is 8.42 Å². The maximum atomic E-state index is 12.9. The number of carbonyl (C=O) groups excluding carboxylic acids is 1. The Balaban J connectivity index is 2.19. The van der Waals surface area contributed by atoms with Crippen LogP contribution in [0.25, 0.3) is 0 Å². The lowest BCUT2D eigenvalue weighted by Crippen LogP contribution is -2.38. The van der Waals surface area contributed by atoms with Crippen LogP contribution in [0.4, 0.5) is 5.69 Å². The van der Waals surface area contributed by atoms with Gasteiger partial charge in [0.2, 0.25) is 15.9 Å². The molecular formula is C20H26N2O4S. The SMILES string of the molecule is CCN(CC(=O)Nc1ccc(C)cc1C)S(=O)(=O)c1ccc(OC)c(C)c1. The summed E-state index contributed by atoms with van der Waals surface area (Å²) in [4.78, 5) is 12.6. The quantitative estimate of drug-likeness (QED) is 0.787. The molecule has 0 radical (unpaired) electrons. The molecule has 0 unspecified atom stereocenters. The first-order valence-corrected chi connectivity index (χ1v) is 10.1. The fourth-order valence-corrected chi connectivity index (χ4v) is 4.32. The fourth-order valence-electron chi connectivity index (χ4n) is 2.83. The molecule has 6 nitrogen and oxygen atoms in total. The number of hydrogen-bond acceptors (Lipinski definition) is 4. The van der Waals surface area contributed by atoms with Crippen LogP contribution in [0.3, 0.4) is 0 Å². The van der Waals surface area contributed by atoms with E-state index in [1.54, 1.807) is 26.0 Å². The summed E-state index contributed by atoms with van der Waals surface area (Å²) in [6.07, 6.45) is 0. The Labute approximate surface area is 161 Å². The van der Waals surface area contributed by atoms with Crippen LogP contribution in [0.2, 0.25) is 0 Å². The van der Waals surface area contributed by atoms with Crippen molar-refractivity contribution >= 4 is 21.6 Å². The molecule has 0 fully saturated rings. The summed E-state index contributed by atoms with van der Waals surface area (Å²) in [6.45, 7) is 7.29. The molecule has 0 atom stereocenters. The summed E-state index contributed by atoms with van der Waals surface area (Å²) < 4.78 is 32.2. The number of methoxy groups -OCH3 is 1. The Hall–Kier alpha value is -2.38. The molecule has 2 rings (SSSR count). The molecule has 146 valence electrons. The van der Waals surface area contributed by atoms with Gasteiger partial charge in [-0.1, -0.05) is 24.6 Å². The molecular weight excluding hydrogens is 364 g/mol. The predicted octanol–water partition coefficient (Wildman–Crippen LogP) is 3.27. The molecule has 0 saturated heterocycles. The topological polar surface area (TPSA) is 75.7 Å². The van der Waals surface area contributed by atoms with Crippen molar-refractivity contribution in [3.63, 3.8) is 0 Å². The van der Waals surface area contributed by atoms with Crippen molar-refractivity contribution in [1.82, 2.24) is 4.31 Å². The van der Waals surface area contributed by atoms with Gasteiger partial charge in [-0.05, 0) is 56.2 Å². The number of likely N-dealkylation sites (N-methyl/N-ethyl adjacent to an activating group) is 1. The van der Waals surface area contributed by atoms with Crippen LogP contribution in [0.5, 0.6) is 5.75 Å². The number of sulfonamides is 1. The van der Waals surface area contributed by atoms with Crippen LogP contribution < -0.4 is 10.1 Å². The maximum absolute atomic E-state index is 12.9. The first-order chi connectivity index (χ1) is 12.7. The molecule has 0 aromatic heterocycles. The van der Waals surface area contributed by atoms with Gasteiger partial charge in [-0.2, -0.15) is 4.31 Å². The van der Waals surface area contributed by atoms with Crippen molar-refractivity contribution in [3.8, 4) is 5.75 Å². The molecule has 7 heteroatoms. The van der Waals surface area contributed by atoms with Gasteiger partial charge in [-0.15, -0.1) is 0 Å². The lowest BCUT2D eigenvalue weighted by molar-refractivity contribution is -0.116. The number of rotatable bonds is 7. The second kappa shape index (κ2) is 8.54. The van der Waals surface area contributed by atoms with Gasteiger partial charge >= 0.3 is 0 Å². The van der Waals surface area contributed by atoms with E-state index in [2.05, 4.69) is 5.32 Å². The highest BCUT2D eigenvalue weighted by atomic mass is 32.2. The third-order valence-electron chi connectivity index (χ3n) is 4.33. The highest BCUT2D eigenvalue weighted by Gasteiger charge is 2.26. The Morgan fingerprint density at radius 3 is 2.33 bits per heavy atom. The van der Waals surface area contributed by atoms with Crippen LogP contribution >= 0.6 is 0 Å². The van der Waals surface area contributed by atoms with E-state index >= 15 is 0 Å². The molecule has 2 aromatic rings. The molecule has 0 aliphatic carbocycles. The molecule has 0 saturated carbocycles. The Morgan fingerprint density at radius 2 is 1.78 bits per heavy atom. The number of ether oxygens (including phenoxy) is 1. The Kier molecular flexibility index (Phi) is 6.62. The van der Waals surface area contributed by atoms with Crippen LogP contribution in [0.15, 0.2) is 41.3 Å². The second-order valence-corrected chi connectivity index (χ2v) is 8.37. The van der Waals surface area contributed by atoms with Gasteiger partial charge in [-0.3, -0.25) is 4.79 Å². The number of carbonyl (C=O) groups is 1. The zero-order chi connectivity index (χ0) is 20.2. The lowest BCUT2D eigenvalue weighted by Gasteiger charge is -2.21.